The quantitative estimate of drug-likeness (QED) is 0.187. The van der Waals surface area contributed by atoms with E-state index in [-0.39, 0.29) is 5.84 Å². The zero-order valence-electron chi connectivity index (χ0n) is 18.7. The van der Waals surface area contributed by atoms with E-state index >= 15 is 0 Å². The van der Waals surface area contributed by atoms with Gasteiger partial charge in [-0.15, -0.1) is 0 Å². The fraction of sp³-hybridized carbons (Fsp3) is 0.200. The van der Waals surface area contributed by atoms with E-state index in [9.17, 15) is 4.79 Å². The van der Waals surface area contributed by atoms with Gasteiger partial charge in [-0.25, -0.2) is 4.79 Å². The average Bonchev–Trinajstić information content (AvgIpc) is 2.81. The Hall–Kier alpha value is -3.91. The van der Waals surface area contributed by atoms with E-state index in [0.717, 1.165) is 22.5 Å². The van der Waals surface area contributed by atoms with Crippen LogP contribution in [0.2, 0.25) is 5.02 Å². The van der Waals surface area contributed by atoms with Crippen molar-refractivity contribution in [1.82, 2.24) is 0 Å². The number of para-hydroxylation sites is 1. The van der Waals surface area contributed by atoms with Gasteiger partial charge < -0.3 is 30.9 Å². The molecule has 3 rings (SSSR count). The van der Waals surface area contributed by atoms with Crippen LogP contribution in [0.25, 0.3) is 0 Å². The van der Waals surface area contributed by atoms with Crippen LogP contribution < -0.4 is 25.8 Å². The molecule has 0 heterocycles. The summed E-state index contributed by atoms with van der Waals surface area (Å²) in [5.41, 5.74) is 9.62. The summed E-state index contributed by atoms with van der Waals surface area (Å²) in [5.74, 6) is -0.144. The van der Waals surface area contributed by atoms with Crippen LogP contribution in [0.1, 0.15) is 23.6 Å². The van der Waals surface area contributed by atoms with Gasteiger partial charge in [-0.05, 0) is 61.0 Å². The Bertz CT molecular complexity index is 1150. The summed E-state index contributed by atoms with van der Waals surface area (Å²) < 4.78 is 11.1. The number of carbonyl (C=O) groups is 1. The molecule has 0 fully saturated rings. The number of ether oxygens (including phenoxy) is 2. The summed E-state index contributed by atoms with van der Waals surface area (Å²) in [6, 6.07) is 18.3. The molecule has 34 heavy (non-hydrogen) atoms. The maximum atomic E-state index is 11.0. The van der Waals surface area contributed by atoms with Crippen molar-refractivity contribution in [3.05, 3.63) is 82.4 Å². The highest BCUT2D eigenvalue weighted by Gasteiger charge is 2.14. The first-order valence-electron chi connectivity index (χ1n) is 10.7. The third-order valence-electron chi connectivity index (χ3n) is 4.92. The maximum Gasteiger partial charge on any atom is 0.341 e. The first-order valence-corrected chi connectivity index (χ1v) is 11.0. The second kappa shape index (κ2) is 11.8. The van der Waals surface area contributed by atoms with Crippen molar-refractivity contribution in [1.29, 1.82) is 5.41 Å². The van der Waals surface area contributed by atoms with Crippen LogP contribution in [-0.4, -0.2) is 30.1 Å². The molecule has 9 heteroatoms. The van der Waals surface area contributed by atoms with Crippen molar-refractivity contribution < 1.29 is 19.4 Å². The zero-order chi connectivity index (χ0) is 24.5. The molecule has 0 aliphatic heterocycles. The number of aliphatic carboxylic acids is 1. The normalized spacial score (nSPS) is 10.4. The summed E-state index contributed by atoms with van der Waals surface area (Å²) in [5, 5.41) is 23.9. The molecular formula is C25H27ClN4O4. The van der Waals surface area contributed by atoms with Crippen molar-refractivity contribution in [3.63, 3.8) is 0 Å². The van der Waals surface area contributed by atoms with E-state index in [1.165, 1.54) is 0 Å². The molecule has 178 valence electrons. The highest BCUT2D eigenvalue weighted by molar-refractivity contribution is 6.30. The number of benzene rings is 3. The molecule has 3 aromatic rings. The molecule has 0 bridgehead atoms. The van der Waals surface area contributed by atoms with Gasteiger partial charge in [0.1, 0.15) is 5.84 Å². The topological polar surface area (TPSA) is 130 Å². The molecule has 0 unspecified atom stereocenters. The third-order valence-corrected chi connectivity index (χ3v) is 5.15. The molecule has 6 N–H and O–H groups in total. The monoisotopic (exact) mass is 482 g/mol. The first kappa shape index (κ1) is 24.7. The van der Waals surface area contributed by atoms with Crippen LogP contribution in [0.15, 0.2) is 60.7 Å². The molecule has 0 saturated heterocycles. The predicted molar refractivity (Wildman–Crippen MR) is 134 cm³/mol. The smallest absolute Gasteiger partial charge is 0.341 e. The van der Waals surface area contributed by atoms with E-state index in [1.54, 1.807) is 24.3 Å². The molecular weight excluding hydrogens is 456 g/mol. The van der Waals surface area contributed by atoms with E-state index in [0.29, 0.717) is 41.8 Å². The Morgan fingerprint density at radius 3 is 2.44 bits per heavy atom. The predicted octanol–water partition coefficient (Wildman–Crippen LogP) is 4.71. The molecule has 0 aliphatic rings. The van der Waals surface area contributed by atoms with Gasteiger partial charge in [0, 0.05) is 40.6 Å². The maximum absolute atomic E-state index is 11.0. The van der Waals surface area contributed by atoms with Crippen molar-refractivity contribution in [3.8, 4) is 11.5 Å². The molecule has 0 spiro atoms. The summed E-state index contributed by atoms with van der Waals surface area (Å²) in [6.07, 6.45) is 0. The summed E-state index contributed by atoms with van der Waals surface area (Å²) >= 11 is 6.24. The van der Waals surface area contributed by atoms with E-state index in [1.807, 2.05) is 43.3 Å². The molecule has 0 saturated carbocycles. The van der Waals surface area contributed by atoms with E-state index in [4.69, 9.17) is 37.3 Å². The molecule has 0 radical (unpaired) electrons. The van der Waals surface area contributed by atoms with Gasteiger partial charge in [0.15, 0.2) is 18.1 Å². The molecule has 8 nitrogen and oxygen atoms in total. The minimum atomic E-state index is -1.06. The minimum Gasteiger partial charge on any atom is -0.490 e. The minimum absolute atomic E-state index is 0.0213. The zero-order valence-corrected chi connectivity index (χ0v) is 19.5. The Balaban J connectivity index is 1.75. The first-order chi connectivity index (χ1) is 16.4. The van der Waals surface area contributed by atoms with Crippen LogP contribution in [0, 0.1) is 5.41 Å². The van der Waals surface area contributed by atoms with Crippen molar-refractivity contribution >= 4 is 34.8 Å². The van der Waals surface area contributed by atoms with Gasteiger partial charge >= 0.3 is 5.97 Å². The summed E-state index contributed by atoms with van der Waals surface area (Å²) in [4.78, 5) is 11.0. The highest BCUT2D eigenvalue weighted by Crippen LogP contribution is 2.32. The average molecular weight is 483 g/mol. The lowest BCUT2D eigenvalue weighted by molar-refractivity contribution is -0.139. The molecule has 0 aromatic heterocycles. The van der Waals surface area contributed by atoms with E-state index in [2.05, 4.69) is 10.6 Å². The molecule has 0 atom stereocenters. The van der Waals surface area contributed by atoms with Gasteiger partial charge in [0.2, 0.25) is 0 Å². The number of nitrogens with one attached hydrogen (secondary N) is 3. The summed E-state index contributed by atoms with van der Waals surface area (Å²) in [7, 11) is 0. The lowest BCUT2D eigenvalue weighted by Gasteiger charge is -2.18. The Morgan fingerprint density at radius 2 is 1.76 bits per heavy atom. The SMILES string of the molecule is CCOc1cccc(CNc2ccc(Cl)cc2CNc2ccc(C(=N)N)cc2)c1OCC(=O)O. The van der Waals surface area contributed by atoms with E-state index < -0.39 is 12.6 Å². The van der Waals surface area contributed by atoms with Crippen LogP contribution >= 0.6 is 11.6 Å². The number of halogens is 1. The standard InChI is InChI=1S/C25H27ClN4O4/c1-2-33-22-5-3-4-17(24(22)34-15-23(31)32)13-30-21-11-8-19(26)12-18(21)14-29-20-9-6-16(7-10-20)25(27)28/h3-12,29-30H,2,13-15H2,1H3,(H3,27,28)(H,31,32). The third kappa shape index (κ3) is 6.79. The largest absolute Gasteiger partial charge is 0.490 e. The number of carboxylic acid groups (broad SMARTS) is 1. The van der Waals surface area contributed by atoms with Gasteiger partial charge in [-0.3, -0.25) is 5.41 Å². The van der Waals surface area contributed by atoms with Gasteiger partial charge in [-0.1, -0.05) is 23.7 Å². The number of amidine groups is 1. The van der Waals surface area contributed by atoms with Crippen LogP contribution in [0.3, 0.4) is 0 Å². The van der Waals surface area contributed by atoms with Crippen LogP contribution in [-0.2, 0) is 17.9 Å². The number of hydrogen-bond acceptors (Lipinski definition) is 6. The fourth-order valence-corrected chi connectivity index (χ4v) is 3.50. The summed E-state index contributed by atoms with van der Waals surface area (Å²) in [6.45, 7) is 2.71. The Morgan fingerprint density at radius 1 is 1.03 bits per heavy atom. The number of anilines is 2. The molecule has 0 amide bonds. The van der Waals surface area contributed by atoms with Crippen LogP contribution in [0.5, 0.6) is 11.5 Å². The Kier molecular flexibility index (Phi) is 8.59. The van der Waals surface area contributed by atoms with Crippen molar-refractivity contribution in [2.75, 3.05) is 23.8 Å². The number of nitrogens with two attached hydrogens (primary N) is 1. The number of hydrogen-bond donors (Lipinski definition) is 5. The molecule has 0 aliphatic carbocycles. The van der Waals surface area contributed by atoms with Crippen molar-refractivity contribution in [2.24, 2.45) is 5.73 Å². The van der Waals surface area contributed by atoms with Gasteiger partial charge in [-0.2, -0.15) is 0 Å². The molecule has 3 aromatic carbocycles. The number of carboxylic acids is 1. The number of rotatable bonds is 12. The fourth-order valence-electron chi connectivity index (χ4n) is 3.30. The number of nitrogen functional groups attached to an aromatic ring is 1. The second-order valence-corrected chi connectivity index (χ2v) is 7.80. The van der Waals surface area contributed by atoms with Crippen LogP contribution in [0.4, 0.5) is 11.4 Å². The second-order valence-electron chi connectivity index (χ2n) is 7.36. The van der Waals surface area contributed by atoms with Crippen molar-refractivity contribution in [2.45, 2.75) is 20.0 Å². The van der Waals surface area contributed by atoms with Gasteiger partial charge in [0.25, 0.3) is 0 Å². The highest BCUT2D eigenvalue weighted by atomic mass is 35.5. The van der Waals surface area contributed by atoms with Gasteiger partial charge in [0.05, 0.1) is 6.61 Å². The lowest BCUT2D eigenvalue weighted by atomic mass is 10.1. The Labute approximate surface area is 203 Å². The lowest BCUT2D eigenvalue weighted by Crippen LogP contribution is -2.13.